The number of rotatable bonds is 22. The van der Waals surface area contributed by atoms with Crippen molar-refractivity contribution in [3.8, 4) is 34.0 Å². The Bertz CT molecular complexity index is 3640. The number of aromatic amines is 1. The van der Waals surface area contributed by atoms with Crippen LogP contribution in [0.25, 0.3) is 43.6 Å². The number of thiazole rings is 1. The van der Waals surface area contributed by atoms with Gasteiger partial charge in [0.1, 0.15) is 43.0 Å². The Balaban J connectivity index is 0.748. The third-order valence-corrected chi connectivity index (χ3v) is 18.0. The van der Waals surface area contributed by atoms with Crippen LogP contribution < -0.4 is 20.5 Å². The van der Waals surface area contributed by atoms with Crippen molar-refractivity contribution in [2.24, 2.45) is 22.0 Å². The minimum atomic E-state index is -1.89. The Labute approximate surface area is 493 Å². The minimum absolute atomic E-state index is 0.0129. The van der Waals surface area contributed by atoms with Crippen molar-refractivity contribution >= 4 is 61.5 Å². The first-order valence-corrected chi connectivity index (χ1v) is 29.1. The zero-order valence-electron chi connectivity index (χ0n) is 47.8. The summed E-state index contributed by atoms with van der Waals surface area (Å²) in [5.74, 6) is -2.79. The fraction of sp³-hybridized carbons (Fsp3) is 0.459. The molecule has 5 aliphatic rings. The zero-order valence-corrected chi connectivity index (χ0v) is 48.6. The highest BCUT2D eigenvalue weighted by atomic mass is 32.1. The van der Waals surface area contributed by atoms with Gasteiger partial charge in [0.15, 0.2) is 16.9 Å². The molecular weight excluding hydrogens is 1120 g/mol. The molecule has 7 aromatic rings. The lowest BCUT2D eigenvalue weighted by Gasteiger charge is -2.69. The number of aliphatic carboxylic acids is 1. The number of nitrogens with one attached hydrogen (secondary N) is 2. The molecule has 4 saturated carbocycles. The third kappa shape index (κ3) is 11.9. The van der Waals surface area contributed by atoms with Crippen LogP contribution in [0.4, 0.5) is 9.93 Å². The van der Waals surface area contributed by atoms with E-state index in [-0.39, 0.29) is 72.3 Å². The lowest BCUT2D eigenvalue weighted by Crippen LogP contribution is -2.64. The quantitative estimate of drug-likeness (QED) is 0.0309. The van der Waals surface area contributed by atoms with E-state index in [1.165, 1.54) is 28.4 Å². The number of carboxylic acids is 2. The molecule has 2 unspecified atom stereocenters. The van der Waals surface area contributed by atoms with Crippen LogP contribution in [-0.2, 0) is 36.9 Å². The van der Waals surface area contributed by atoms with E-state index in [2.05, 4.69) is 29.1 Å². The zero-order chi connectivity index (χ0) is 60.2. The Morgan fingerprint density at radius 2 is 1.65 bits per heavy atom. The number of nitrogens with zero attached hydrogens (tertiary/aromatic N) is 5. The van der Waals surface area contributed by atoms with Crippen LogP contribution in [0.5, 0.6) is 11.5 Å². The van der Waals surface area contributed by atoms with E-state index >= 15 is 0 Å². The van der Waals surface area contributed by atoms with Gasteiger partial charge in [-0.1, -0.05) is 49.4 Å². The van der Waals surface area contributed by atoms with Crippen molar-refractivity contribution in [1.82, 2.24) is 29.6 Å². The summed E-state index contributed by atoms with van der Waals surface area (Å²) >= 11 is 1.39. The van der Waals surface area contributed by atoms with Crippen LogP contribution in [0.3, 0.4) is 0 Å². The van der Waals surface area contributed by atoms with Crippen molar-refractivity contribution in [1.29, 1.82) is 0 Å². The summed E-state index contributed by atoms with van der Waals surface area (Å²) in [5, 5.41) is 60.3. The maximum atomic E-state index is 13.7. The van der Waals surface area contributed by atoms with E-state index < -0.39 is 54.3 Å². The second-order valence-electron chi connectivity index (χ2n) is 24.1. The number of aryl methyl sites for hydroxylation is 1. The molecule has 1 aliphatic heterocycles. The maximum absolute atomic E-state index is 13.7. The van der Waals surface area contributed by atoms with Crippen LogP contribution in [0.2, 0.25) is 0 Å². The molecule has 4 bridgehead atoms. The predicted octanol–water partition coefficient (Wildman–Crippen LogP) is 7.30. The van der Waals surface area contributed by atoms with E-state index in [0.29, 0.717) is 64.0 Å². The molecule has 450 valence electrons. The first-order chi connectivity index (χ1) is 40.6. The summed E-state index contributed by atoms with van der Waals surface area (Å²) < 4.78 is 38.1. The number of ether oxygens (including phenoxy) is 6. The number of aliphatic hydroxyl groups is 3. The average molecular weight is 1190 g/mol. The number of hydrogen-bond acceptors (Lipinski definition) is 18. The Kier molecular flexibility index (Phi) is 16.3. The fourth-order valence-corrected chi connectivity index (χ4v) is 15.3. The number of benzene rings is 3. The number of likely N-dealkylation sites (N-methyl/N-ethyl adjacent to an activating group) is 1. The lowest BCUT2D eigenvalue weighted by atomic mass is 9.39. The number of aromatic carboxylic acids is 1. The number of carbonyl (C=O) groups excluding carboxylic acids is 2. The summed E-state index contributed by atoms with van der Waals surface area (Å²) in [6.07, 6.45) is -2.41. The van der Waals surface area contributed by atoms with Gasteiger partial charge in [-0.2, -0.15) is 5.10 Å². The topological polar surface area (TPSA) is 325 Å². The highest BCUT2D eigenvalue weighted by Gasteiger charge is 2.66. The molecule has 0 radical (unpaired) electrons. The second kappa shape index (κ2) is 23.4. The molecule has 0 spiro atoms. The van der Waals surface area contributed by atoms with E-state index in [1.54, 1.807) is 37.5 Å². The van der Waals surface area contributed by atoms with Gasteiger partial charge in [0.2, 0.25) is 6.29 Å². The van der Waals surface area contributed by atoms with Crippen molar-refractivity contribution in [2.75, 3.05) is 51.9 Å². The number of para-hydroxylation sites is 2. The number of amides is 2. The highest BCUT2D eigenvalue weighted by Crippen LogP contribution is 2.72. The fourth-order valence-electron chi connectivity index (χ4n) is 14.5. The van der Waals surface area contributed by atoms with Crippen LogP contribution in [0.15, 0.2) is 79.0 Å². The average Bonchev–Trinajstić information content (AvgIpc) is 1.34. The Morgan fingerprint density at radius 1 is 0.871 bits per heavy atom. The van der Waals surface area contributed by atoms with E-state index in [1.807, 2.05) is 54.9 Å². The lowest BCUT2D eigenvalue weighted by molar-refractivity contribution is -0.271. The number of hydrogen-bond donors (Lipinski definition) is 8. The molecule has 4 aromatic heterocycles. The van der Waals surface area contributed by atoms with Gasteiger partial charge in [-0.15, -0.1) is 0 Å². The summed E-state index contributed by atoms with van der Waals surface area (Å²) in [6.45, 7) is 10.3. The Morgan fingerprint density at radius 3 is 2.39 bits per heavy atom. The van der Waals surface area contributed by atoms with Gasteiger partial charge in [-0.05, 0) is 117 Å². The van der Waals surface area contributed by atoms with Crippen molar-refractivity contribution in [2.45, 2.75) is 116 Å². The molecule has 1 saturated heterocycles. The number of pyridine rings is 1. The first kappa shape index (κ1) is 59.2. The number of H-pyrrole nitrogens is 1. The van der Waals surface area contributed by atoms with Gasteiger partial charge >= 0.3 is 18.0 Å². The van der Waals surface area contributed by atoms with Crippen molar-refractivity contribution < 1.29 is 73.1 Å². The standard InChI is InChI=1S/C61H70N8O15S/c1-33-37-9-8-10-39(52(73)67-56-65-41-11-6-7-12-44(41)85-56)46(37)66-45(33)42-16-15-38(47(64-42)53(74)75)40-24-63-69(34(40)2)32-60-27-58(3)26-59(4,28-60)30-61(29-58,31-60)82-20-18-68(5)57(78)81-25-35-13-14-36(23-43(35)80-22-21-79-19-17-62)83-55-50(72)48(70)49(71)51(84-55)54(76)77/h6-16,23-24,48-51,55,66,70-72H,17-22,25-32,62H2,1-5H3,(H,74,75)(H,76,77)(H,65,67,73)/t48-,49-,50+,51-,55+,58?,59?,60?,61?/m0/s1. The van der Waals surface area contributed by atoms with Crippen LogP contribution in [-0.4, -0.2) is 162 Å². The molecule has 5 fully saturated rings. The van der Waals surface area contributed by atoms with Crippen molar-refractivity contribution in [3.05, 3.63) is 107 Å². The number of anilines is 1. The van der Waals surface area contributed by atoms with Gasteiger partial charge < -0.3 is 69.6 Å². The molecule has 85 heavy (non-hydrogen) atoms. The van der Waals surface area contributed by atoms with Crippen LogP contribution in [0, 0.1) is 30.1 Å². The summed E-state index contributed by atoms with van der Waals surface area (Å²) in [6, 6.07) is 21.2. The molecule has 9 N–H and O–H groups in total. The normalized spacial score (nSPS) is 26.0. The molecular formula is C61H70N8O15S. The number of carboxylic acid groups (broad SMARTS) is 2. The van der Waals surface area contributed by atoms with Gasteiger partial charge in [0.05, 0.1) is 64.3 Å². The van der Waals surface area contributed by atoms with Gasteiger partial charge in [0.25, 0.3) is 5.91 Å². The molecule has 5 heterocycles. The van der Waals surface area contributed by atoms with E-state index in [0.717, 1.165) is 65.4 Å². The Hall–Kier alpha value is -7.55. The second-order valence-corrected chi connectivity index (χ2v) is 25.1. The molecule has 3 aromatic carbocycles. The van der Waals surface area contributed by atoms with Crippen molar-refractivity contribution in [3.63, 3.8) is 0 Å². The van der Waals surface area contributed by atoms with Gasteiger partial charge in [0, 0.05) is 60.5 Å². The number of carbonyl (C=O) groups is 4. The van der Waals surface area contributed by atoms with Gasteiger partial charge in [-0.3, -0.25) is 14.8 Å². The van der Waals surface area contributed by atoms with Gasteiger partial charge in [-0.25, -0.2) is 24.4 Å². The number of fused-ring (bicyclic) bond motifs is 2. The third-order valence-electron chi connectivity index (χ3n) is 17.1. The largest absolute Gasteiger partial charge is 0.491 e. The van der Waals surface area contributed by atoms with E-state index in [4.69, 9.17) is 44.2 Å². The molecule has 7 atom stereocenters. The predicted molar refractivity (Wildman–Crippen MR) is 311 cm³/mol. The van der Waals surface area contributed by atoms with Crippen LogP contribution in [0.1, 0.15) is 90.0 Å². The first-order valence-electron chi connectivity index (χ1n) is 28.3. The SMILES string of the molecule is Cc1c(-c2ccc(-c3cnn(CC45CC6(C)CC(C)(C4)CC(OCCN(C)C(=O)OCc4ccc(O[C@@H]7O[C@H](C(=O)O)[C@@H](O)[C@H](O)[C@H]7O)cc4OCCOCCN)(C6)C5)c3C)c(C(=O)O)n2)[nH]c2c(C(=O)Nc3nc4ccccc4s3)cccc12. The van der Waals surface area contributed by atoms with Crippen LogP contribution >= 0.6 is 11.3 Å². The molecule has 24 heteroatoms. The number of aliphatic hydroxyl groups excluding tert-OH is 3. The summed E-state index contributed by atoms with van der Waals surface area (Å²) in [5.41, 5.74) is 10.7. The highest BCUT2D eigenvalue weighted by molar-refractivity contribution is 7.22. The van der Waals surface area contributed by atoms with E-state index in [9.17, 15) is 44.7 Å². The minimum Gasteiger partial charge on any atom is -0.491 e. The summed E-state index contributed by atoms with van der Waals surface area (Å²) in [7, 11) is 1.63. The summed E-state index contributed by atoms with van der Waals surface area (Å²) in [4.78, 5) is 66.3. The monoisotopic (exact) mass is 1190 g/mol. The number of nitrogens with two attached hydrogens (primary N) is 1. The molecule has 23 nitrogen and oxygen atoms in total. The molecule has 2 amide bonds. The number of aromatic nitrogens is 5. The molecule has 4 aliphatic carbocycles. The molecule has 12 rings (SSSR count). The maximum Gasteiger partial charge on any atom is 0.409 e. The smallest absolute Gasteiger partial charge is 0.409 e.